The summed E-state index contributed by atoms with van der Waals surface area (Å²) >= 11 is 6.34. The van der Waals surface area contributed by atoms with E-state index in [1.807, 2.05) is 36.4 Å². The molecule has 1 aliphatic heterocycles. The highest BCUT2D eigenvalue weighted by atomic mass is 35.5. The van der Waals surface area contributed by atoms with Crippen molar-refractivity contribution in [3.63, 3.8) is 0 Å². The molecule has 0 spiro atoms. The van der Waals surface area contributed by atoms with Crippen LogP contribution in [0.3, 0.4) is 0 Å². The average molecular weight is 421 g/mol. The molecule has 1 saturated heterocycles. The monoisotopic (exact) mass is 420 g/mol. The molecule has 2 aromatic heterocycles. The molecular formula is C22H21ClN6O. The Labute approximate surface area is 179 Å². The fourth-order valence-corrected chi connectivity index (χ4v) is 4.24. The average Bonchev–Trinajstić information content (AvgIpc) is 3.54. The second-order valence-corrected chi connectivity index (χ2v) is 7.71. The Bertz CT molecular complexity index is 1160. The maximum absolute atomic E-state index is 6.34. The Kier molecular flexibility index (Phi) is 4.96. The minimum atomic E-state index is 0.00377. The van der Waals surface area contributed by atoms with Crippen molar-refractivity contribution in [2.45, 2.75) is 32.2 Å². The van der Waals surface area contributed by atoms with Crippen molar-refractivity contribution < 1.29 is 4.52 Å². The summed E-state index contributed by atoms with van der Waals surface area (Å²) in [6, 6.07) is 13.9. The van der Waals surface area contributed by atoms with Gasteiger partial charge in [0.2, 0.25) is 0 Å². The van der Waals surface area contributed by atoms with Crippen LogP contribution in [0.4, 0.5) is 5.69 Å². The quantitative estimate of drug-likeness (QED) is 0.458. The zero-order valence-electron chi connectivity index (χ0n) is 16.6. The van der Waals surface area contributed by atoms with E-state index in [9.17, 15) is 0 Å². The maximum Gasteiger partial charge on any atom is 0.258 e. The molecule has 1 atom stereocenters. The molecule has 1 fully saturated rings. The van der Waals surface area contributed by atoms with Gasteiger partial charge in [0.1, 0.15) is 5.69 Å². The zero-order valence-corrected chi connectivity index (χ0v) is 17.3. The van der Waals surface area contributed by atoms with Crippen molar-refractivity contribution in [2.24, 2.45) is 0 Å². The molecule has 3 heterocycles. The summed E-state index contributed by atoms with van der Waals surface area (Å²) in [4.78, 5) is 8.65. The van der Waals surface area contributed by atoms with Crippen molar-refractivity contribution in [1.82, 2.24) is 25.1 Å². The standard InChI is InChI=1S/C22H21ClN6O/c1-2-15-6-3-4-7-17(15)22-26-21(27-30-22)19-8-5-13-28(19)20-14-16(23)9-10-18(20)29-24-11-12-25-29/h3-4,6-7,9-12,14,19H,2,5,8,13H2,1H3/t19-/m0/s1. The van der Waals surface area contributed by atoms with Gasteiger partial charge in [-0.1, -0.05) is 41.9 Å². The number of nitrogens with zero attached hydrogens (tertiary/aromatic N) is 6. The minimum absolute atomic E-state index is 0.00377. The lowest BCUT2D eigenvalue weighted by Gasteiger charge is -2.26. The van der Waals surface area contributed by atoms with Crippen LogP contribution < -0.4 is 4.90 Å². The predicted molar refractivity (Wildman–Crippen MR) is 115 cm³/mol. The smallest absolute Gasteiger partial charge is 0.258 e. The molecular weight excluding hydrogens is 400 g/mol. The molecule has 1 aliphatic rings. The fraction of sp³-hybridized carbons (Fsp3) is 0.273. The highest BCUT2D eigenvalue weighted by Gasteiger charge is 2.32. The third-order valence-electron chi connectivity index (χ3n) is 5.50. The van der Waals surface area contributed by atoms with Crippen molar-refractivity contribution in [2.75, 3.05) is 11.4 Å². The topological polar surface area (TPSA) is 72.9 Å². The molecule has 0 aliphatic carbocycles. The van der Waals surface area contributed by atoms with Gasteiger partial charge in [-0.05, 0) is 49.1 Å². The number of hydrogen-bond acceptors (Lipinski definition) is 6. The van der Waals surface area contributed by atoms with Crippen molar-refractivity contribution >= 4 is 17.3 Å². The van der Waals surface area contributed by atoms with Gasteiger partial charge in [-0.15, -0.1) is 4.80 Å². The summed E-state index contributed by atoms with van der Waals surface area (Å²) in [5.74, 6) is 1.25. The van der Waals surface area contributed by atoms with Crippen LogP contribution >= 0.6 is 11.6 Å². The van der Waals surface area contributed by atoms with E-state index in [-0.39, 0.29) is 6.04 Å². The second kappa shape index (κ2) is 7.91. The van der Waals surface area contributed by atoms with Crippen molar-refractivity contribution in [3.05, 3.63) is 71.3 Å². The van der Waals surface area contributed by atoms with Gasteiger partial charge < -0.3 is 9.42 Å². The van der Waals surface area contributed by atoms with Gasteiger partial charge in [0.15, 0.2) is 5.82 Å². The summed E-state index contributed by atoms with van der Waals surface area (Å²) in [6.45, 7) is 2.99. The summed E-state index contributed by atoms with van der Waals surface area (Å²) in [5, 5.41) is 13.6. The number of halogens is 1. The third-order valence-corrected chi connectivity index (χ3v) is 5.74. The normalized spacial score (nSPS) is 16.3. The second-order valence-electron chi connectivity index (χ2n) is 7.27. The number of rotatable bonds is 5. The molecule has 0 N–H and O–H groups in total. The molecule has 152 valence electrons. The van der Waals surface area contributed by atoms with Gasteiger partial charge in [-0.3, -0.25) is 0 Å². The predicted octanol–water partition coefficient (Wildman–Crippen LogP) is 4.87. The number of anilines is 1. The summed E-state index contributed by atoms with van der Waals surface area (Å²) in [5.41, 5.74) is 4.02. The number of hydrogen-bond donors (Lipinski definition) is 0. The maximum atomic E-state index is 6.34. The Hall–Kier alpha value is -3.19. The van der Waals surface area contributed by atoms with E-state index in [1.54, 1.807) is 17.2 Å². The van der Waals surface area contributed by atoms with E-state index in [4.69, 9.17) is 21.1 Å². The van der Waals surface area contributed by atoms with E-state index >= 15 is 0 Å². The molecule has 4 aromatic rings. The van der Waals surface area contributed by atoms with Gasteiger partial charge >= 0.3 is 0 Å². The highest BCUT2D eigenvalue weighted by molar-refractivity contribution is 6.31. The number of aromatic nitrogens is 5. The molecule has 0 saturated carbocycles. The Morgan fingerprint density at radius 1 is 1.10 bits per heavy atom. The van der Waals surface area contributed by atoms with Gasteiger partial charge in [0, 0.05) is 17.1 Å². The van der Waals surface area contributed by atoms with Gasteiger partial charge in [0.25, 0.3) is 5.89 Å². The summed E-state index contributed by atoms with van der Waals surface area (Å²) < 4.78 is 5.67. The van der Waals surface area contributed by atoms with E-state index < -0.39 is 0 Å². The van der Waals surface area contributed by atoms with Gasteiger partial charge in [0.05, 0.1) is 24.1 Å². The Morgan fingerprint density at radius 2 is 1.93 bits per heavy atom. The van der Waals surface area contributed by atoms with Crippen molar-refractivity contribution in [3.8, 4) is 17.1 Å². The minimum Gasteiger partial charge on any atom is -0.359 e. The molecule has 0 unspecified atom stereocenters. The van der Waals surface area contributed by atoms with Crippen LogP contribution in [0.5, 0.6) is 0 Å². The van der Waals surface area contributed by atoms with Crippen LogP contribution in [-0.4, -0.2) is 31.7 Å². The van der Waals surface area contributed by atoms with E-state index in [0.29, 0.717) is 16.7 Å². The molecule has 0 radical (unpaired) electrons. The highest BCUT2D eigenvalue weighted by Crippen LogP contribution is 2.39. The van der Waals surface area contributed by atoms with Crippen LogP contribution in [0, 0.1) is 0 Å². The van der Waals surface area contributed by atoms with Crippen LogP contribution in [0.1, 0.15) is 37.2 Å². The molecule has 0 bridgehead atoms. The number of benzene rings is 2. The molecule has 8 heteroatoms. The van der Waals surface area contributed by atoms with Crippen LogP contribution in [0.25, 0.3) is 17.1 Å². The lowest BCUT2D eigenvalue weighted by Crippen LogP contribution is -2.25. The van der Waals surface area contributed by atoms with E-state index in [0.717, 1.165) is 42.7 Å². The van der Waals surface area contributed by atoms with E-state index in [1.165, 1.54) is 5.56 Å². The number of aryl methyl sites for hydroxylation is 1. The SMILES string of the molecule is CCc1ccccc1-c1nc([C@@H]2CCCN2c2cc(Cl)ccc2-n2nccn2)no1. The lowest BCUT2D eigenvalue weighted by molar-refractivity contribution is 0.415. The molecule has 30 heavy (non-hydrogen) atoms. The van der Waals surface area contributed by atoms with Crippen LogP contribution in [-0.2, 0) is 6.42 Å². The molecule has 5 rings (SSSR count). The first-order valence-electron chi connectivity index (χ1n) is 10.1. The van der Waals surface area contributed by atoms with Gasteiger partial charge in [-0.25, -0.2) is 0 Å². The first kappa shape index (κ1) is 18.8. The van der Waals surface area contributed by atoms with Gasteiger partial charge in [-0.2, -0.15) is 15.2 Å². The zero-order chi connectivity index (χ0) is 20.5. The molecule has 0 amide bonds. The fourth-order valence-electron chi connectivity index (χ4n) is 4.08. The van der Waals surface area contributed by atoms with Crippen LogP contribution in [0.15, 0.2) is 59.4 Å². The van der Waals surface area contributed by atoms with Crippen molar-refractivity contribution in [1.29, 1.82) is 0 Å². The molecule has 7 nitrogen and oxygen atoms in total. The Morgan fingerprint density at radius 3 is 2.77 bits per heavy atom. The van der Waals surface area contributed by atoms with E-state index in [2.05, 4.69) is 33.2 Å². The van der Waals surface area contributed by atoms with Crippen LogP contribution in [0.2, 0.25) is 5.02 Å². The first-order chi connectivity index (χ1) is 14.7. The summed E-state index contributed by atoms with van der Waals surface area (Å²) in [6.07, 6.45) is 6.20. The first-order valence-corrected chi connectivity index (χ1v) is 10.5. The lowest BCUT2D eigenvalue weighted by atomic mass is 10.1. The largest absolute Gasteiger partial charge is 0.359 e. The summed E-state index contributed by atoms with van der Waals surface area (Å²) in [7, 11) is 0. The Balaban J connectivity index is 1.52. The molecule has 2 aromatic carbocycles. The third kappa shape index (κ3) is 3.35.